The van der Waals surface area contributed by atoms with Crippen LogP contribution in [0.25, 0.3) is 0 Å². The van der Waals surface area contributed by atoms with Crippen molar-refractivity contribution >= 4 is 28.8 Å². The second kappa shape index (κ2) is 5.93. The average Bonchev–Trinajstić information content (AvgIpc) is 3.10. The molecule has 0 spiro atoms. The summed E-state index contributed by atoms with van der Waals surface area (Å²) in [5, 5.41) is 6.27. The highest BCUT2D eigenvalue weighted by Gasteiger charge is 2.27. The number of hydrogen-bond acceptors (Lipinski definition) is 3. The lowest BCUT2D eigenvalue weighted by atomic mass is 9.96. The van der Waals surface area contributed by atoms with E-state index >= 15 is 0 Å². The summed E-state index contributed by atoms with van der Waals surface area (Å²) < 4.78 is 0. The Morgan fingerprint density at radius 1 is 1.21 bits per heavy atom. The van der Waals surface area contributed by atoms with Crippen molar-refractivity contribution in [3.63, 3.8) is 0 Å². The molecule has 0 bridgehead atoms. The summed E-state index contributed by atoms with van der Waals surface area (Å²) in [5.41, 5.74) is 0. The molecule has 0 aromatic carbocycles. The number of hydrogen-bond donors (Lipinski definition) is 1. The fourth-order valence-corrected chi connectivity index (χ4v) is 3.86. The van der Waals surface area contributed by atoms with Crippen LogP contribution in [0.15, 0.2) is 35.7 Å². The first-order valence-electron chi connectivity index (χ1n) is 6.75. The lowest BCUT2D eigenvalue weighted by Crippen LogP contribution is -2.18. The maximum Gasteiger partial charge on any atom is 0.131 e. The van der Waals surface area contributed by atoms with E-state index in [2.05, 4.69) is 27.8 Å². The molecule has 1 aliphatic carbocycles. The maximum atomic E-state index is 5.96. The molecule has 3 rings (SSSR count). The molecule has 1 N–H and O–H groups in total. The van der Waals surface area contributed by atoms with E-state index in [0.717, 1.165) is 5.82 Å². The fraction of sp³-hybridized carbons (Fsp3) is 0.400. The minimum atomic E-state index is 0.369. The largest absolute Gasteiger partial charge is 0.362 e. The van der Waals surface area contributed by atoms with Crippen molar-refractivity contribution in [2.24, 2.45) is 5.92 Å². The van der Waals surface area contributed by atoms with Crippen molar-refractivity contribution < 1.29 is 0 Å². The van der Waals surface area contributed by atoms with E-state index in [1.165, 1.54) is 30.6 Å². The molecule has 1 saturated carbocycles. The zero-order valence-corrected chi connectivity index (χ0v) is 12.3. The predicted molar refractivity (Wildman–Crippen MR) is 81.9 cm³/mol. The van der Waals surface area contributed by atoms with Crippen LogP contribution >= 0.6 is 22.9 Å². The average molecular weight is 293 g/mol. The number of thiophene rings is 1. The molecule has 2 heterocycles. The van der Waals surface area contributed by atoms with Gasteiger partial charge in [-0.3, -0.25) is 0 Å². The molecule has 100 valence electrons. The smallest absolute Gasteiger partial charge is 0.131 e. The molecule has 1 unspecified atom stereocenters. The molecule has 0 aliphatic heterocycles. The van der Waals surface area contributed by atoms with Crippen LogP contribution in [0.2, 0.25) is 5.15 Å². The minimum absolute atomic E-state index is 0.369. The van der Waals surface area contributed by atoms with Crippen molar-refractivity contribution in [3.8, 4) is 0 Å². The van der Waals surface area contributed by atoms with Crippen LogP contribution in [-0.2, 0) is 0 Å². The Hall–Kier alpha value is -1.06. The van der Waals surface area contributed by atoms with Crippen molar-refractivity contribution in [1.82, 2.24) is 4.98 Å². The van der Waals surface area contributed by atoms with Gasteiger partial charge in [0.05, 0.1) is 6.04 Å². The molecule has 0 amide bonds. The Labute approximate surface area is 122 Å². The summed E-state index contributed by atoms with van der Waals surface area (Å²) in [5.74, 6) is 1.58. The topological polar surface area (TPSA) is 24.9 Å². The fourth-order valence-electron chi connectivity index (χ4n) is 2.83. The van der Waals surface area contributed by atoms with Crippen LogP contribution in [0.1, 0.15) is 36.6 Å². The Morgan fingerprint density at radius 3 is 2.74 bits per heavy atom. The third kappa shape index (κ3) is 3.10. The van der Waals surface area contributed by atoms with Gasteiger partial charge in [-0.05, 0) is 42.3 Å². The number of nitrogens with one attached hydrogen (secondary N) is 1. The van der Waals surface area contributed by atoms with Gasteiger partial charge in [0.1, 0.15) is 11.0 Å². The number of anilines is 1. The quantitative estimate of drug-likeness (QED) is 0.789. The summed E-state index contributed by atoms with van der Waals surface area (Å²) >= 11 is 7.78. The molecule has 2 nitrogen and oxygen atoms in total. The SMILES string of the molecule is Clc1cccc(NC(c2cccs2)C2CCCC2)n1. The van der Waals surface area contributed by atoms with Gasteiger partial charge in [0, 0.05) is 4.88 Å². The third-order valence-corrected chi connectivity index (χ3v) is 4.91. The molecular weight excluding hydrogens is 276 g/mol. The van der Waals surface area contributed by atoms with Gasteiger partial charge < -0.3 is 5.32 Å². The molecule has 0 radical (unpaired) electrons. The van der Waals surface area contributed by atoms with Crippen molar-refractivity contribution in [2.45, 2.75) is 31.7 Å². The van der Waals surface area contributed by atoms with E-state index in [0.29, 0.717) is 17.1 Å². The summed E-state index contributed by atoms with van der Waals surface area (Å²) in [4.78, 5) is 5.75. The Morgan fingerprint density at radius 2 is 2.05 bits per heavy atom. The summed E-state index contributed by atoms with van der Waals surface area (Å²) in [7, 11) is 0. The monoisotopic (exact) mass is 292 g/mol. The van der Waals surface area contributed by atoms with E-state index in [-0.39, 0.29) is 0 Å². The zero-order valence-electron chi connectivity index (χ0n) is 10.7. The van der Waals surface area contributed by atoms with Gasteiger partial charge in [0.15, 0.2) is 0 Å². The molecule has 2 aromatic rings. The maximum absolute atomic E-state index is 5.96. The molecule has 2 aromatic heterocycles. The van der Waals surface area contributed by atoms with E-state index in [4.69, 9.17) is 11.6 Å². The molecular formula is C15H17ClN2S. The van der Waals surface area contributed by atoms with Crippen LogP contribution in [0.4, 0.5) is 5.82 Å². The Kier molecular flexibility index (Phi) is 4.04. The Balaban J connectivity index is 1.83. The van der Waals surface area contributed by atoms with E-state index in [1.807, 2.05) is 29.5 Å². The second-order valence-corrected chi connectivity index (χ2v) is 6.39. The van der Waals surface area contributed by atoms with E-state index < -0.39 is 0 Å². The number of rotatable bonds is 4. The molecule has 1 atom stereocenters. The first-order chi connectivity index (χ1) is 9.33. The molecule has 4 heteroatoms. The number of halogens is 1. The highest BCUT2D eigenvalue weighted by atomic mass is 35.5. The van der Waals surface area contributed by atoms with Gasteiger partial charge in [-0.15, -0.1) is 11.3 Å². The Bertz CT molecular complexity index is 521. The van der Waals surface area contributed by atoms with Crippen molar-refractivity contribution in [1.29, 1.82) is 0 Å². The summed E-state index contributed by atoms with van der Waals surface area (Å²) in [6.07, 6.45) is 5.29. The van der Waals surface area contributed by atoms with E-state index in [9.17, 15) is 0 Å². The van der Waals surface area contributed by atoms with Crippen LogP contribution in [0.3, 0.4) is 0 Å². The minimum Gasteiger partial charge on any atom is -0.362 e. The predicted octanol–water partition coefficient (Wildman–Crippen LogP) is 5.14. The normalized spacial score (nSPS) is 17.5. The molecule has 19 heavy (non-hydrogen) atoms. The number of pyridine rings is 1. The molecule has 0 saturated heterocycles. The van der Waals surface area contributed by atoms with Crippen LogP contribution in [-0.4, -0.2) is 4.98 Å². The lowest BCUT2D eigenvalue weighted by molar-refractivity contribution is 0.474. The summed E-state index contributed by atoms with van der Waals surface area (Å²) in [6, 6.07) is 10.4. The number of aromatic nitrogens is 1. The summed E-state index contributed by atoms with van der Waals surface area (Å²) in [6.45, 7) is 0. The van der Waals surface area contributed by atoms with Gasteiger partial charge in [0.2, 0.25) is 0 Å². The van der Waals surface area contributed by atoms with Crippen LogP contribution in [0.5, 0.6) is 0 Å². The van der Waals surface area contributed by atoms with Gasteiger partial charge in [0.25, 0.3) is 0 Å². The van der Waals surface area contributed by atoms with Gasteiger partial charge in [-0.1, -0.05) is 36.6 Å². The van der Waals surface area contributed by atoms with Crippen molar-refractivity contribution in [3.05, 3.63) is 45.7 Å². The van der Waals surface area contributed by atoms with Gasteiger partial charge in [-0.25, -0.2) is 4.98 Å². The van der Waals surface area contributed by atoms with Crippen LogP contribution < -0.4 is 5.32 Å². The zero-order chi connectivity index (χ0) is 13.1. The highest BCUT2D eigenvalue weighted by molar-refractivity contribution is 7.10. The van der Waals surface area contributed by atoms with Crippen LogP contribution in [0, 0.1) is 5.92 Å². The lowest BCUT2D eigenvalue weighted by Gasteiger charge is -2.24. The van der Waals surface area contributed by atoms with Crippen molar-refractivity contribution in [2.75, 3.05) is 5.32 Å². The number of nitrogens with zero attached hydrogens (tertiary/aromatic N) is 1. The first kappa shape index (κ1) is 12.9. The highest BCUT2D eigenvalue weighted by Crippen LogP contribution is 2.39. The second-order valence-electron chi connectivity index (χ2n) is 5.03. The third-order valence-electron chi connectivity index (χ3n) is 3.74. The van der Waals surface area contributed by atoms with E-state index in [1.54, 1.807) is 0 Å². The first-order valence-corrected chi connectivity index (χ1v) is 8.01. The molecule has 1 aliphatic rings. The molecule has 1 fully saturated rings. The van der Waals surface area contributed by atoms with Gasteiger partial charge >= 0.3 is 0 Å². The standard InChI is InChI=1S/C15H17ClN2S/c16-13-8-3-9-14(17-13)18-15(11-5-1-2-6-11)12-7-4-10-19-12/h3-4,7-11,15H,1-2,5-6H2,(H,17,18). The van der Waals surface area contributed by atoms with Gasteiger partial charge in [-0.2, -0.15) is 0 Å².